The Morgan fingerprint density at radius 1 is 1.09 bits per heavy atom. The van der Waals surface area contributed by atoms with E-state index in [-0.39, 0.29) is 30.7 Å². The highest BCUT2D eigenvalue weighted by atomic mass is 35.5. The quantitative estimate of drug-likeness (QED) is 0.835. The summed E-state index contributed by atoms with van der Waals surface area (Å²) in [4.78, 5) is 16.8. The van der Waals surface area contributed by atoms with E-state index in [0.717, 1.165) is 49.5 Å². The summed E-state index contributed by atoms with van der Waals surface area (Å²) in [5.41, 5.74) is 8.73. The van der Waals surface area contributed by atoms with Crippen molar-refractivity contribution in [1.29, 1.82) is 0 Å². The van der Waals surface area contributed by atoms with Crippen LogP contribution in [0.25, 0.3) is 0 Å². The molecule has 23 heavy (non-hydrogen) atoms. The van der Waals surface area contributed by atoms with Crippen LogP contribution in [0.15, 0.2) is 18.2 Å². The highest BCUT2D eigenvalue weighted by molar-refractivity contribution is 5.93. The molecule has 0 spiro atoms. The van der Waals surface area contributed by atoms with Crippen LogP contribution in [0, 0.1) is 13.8 Å². The molecule has 1 aliphatic heterocycles. The van der Waals surface area contributed by atoms with Crippen LogP contribution < -0.4 is 11.1 Å². The number of carbonyl (C=O) groups is 1. The lowest BCUT2D eigenvalue weighted by atomic mass is 10.1. The Morgan fingerprint density at radius 2 is 1.61 bits per heavy atom. The molecule has 0 aliphatic carbocycles. The second kappa shape index (κ2) is 10.8. The standard InChI is InChI=1S/C16H26N4O.2ClH/c1-13-4-3-5-14(2)16(13)18-15(21)12-20-10-8-19(7-6-17)9-11-20;;/h3-5H,6-12,17H2,1-2H3,(H,18,21);2*1H. The number of piperazine rings is 1. The number of carbonyl (C=O) groups excluding carboxylic acids is 1. The lowest BCUT2D eigenvalue weighted by Gasteiger charge is -2.34. The van der Waals surface area contributed by atoms with E-state index >= 15 is 0 Å². The molecule has 0 unspecified atom stereocenters. The molecule has 0 saturated carbocycles. The number of hydrogen-bond acceptors (Lipinski definition) is 4. The van der Waals surface area contributed by atoms with Gasteiger partial charge in [-0.1, -0.05) is 18.2 Å². The van der Waals surface area contributed by atoms with Crippen LogP contribution in [-0.2, 0) is 4.79 Å². The molecule has 0 radical (unpaired) electrons. The largest absolute Gasteiger partial charge is 0.329 e. The Morgan fingerprint density at radius 3 is 2.13 bits per heavy atom. The monoisotopic (exact) mass is 362 g/mol. The summed E-state index contributed by atoms with van der Waals surface area (Å²) in [7, 11) is 0. The molecule has 7 heteroatoms. The average molecular weight is 363 g/mol. The first-order valence-corrected chi connectivity index (χ1v) is 7.61. The number of halogens is 2. The Labute approximate surface area is 151 Å². The first-order chi connectivity index (χ1) is 10.1. The van der Waals surface area contributed by atoms with Crippen LogP contribution in [-0.4, -0.2) is 61.5 Å². The third-order valence-corrected chi connectivity index (χ3v) is 4.02. The smallest absolute Gasteiger partial charge is 0.238 e. The van der Waals surface area contributed by atoms with Gasteiger partial charge in [-0.2, -0.15) is 0 Å². The minimum Gasteiger partial charge on any atom is -0.329 e. The van der Waals surface area contributed by atoms with Crippen molar-refractivity contribution >= 4 is 36.4 Å². The fraction of sp³-hybridized carbons (Fsp3) is 0.562. The number of para-hydroxylation sites is 1. The Bertz CT molecular complexity index is 471. The number of anilines is 1. The van der Waals surface area contributed by atoms with Gasteiger partial charge in [-0.25, -0.2) is 0 Å². The van der Waals surface area contributed by atoms with Gasteiger partial charge in [0, 0.05) is 45.0 Å². The first-order valence-electron chi connectivity index (χ1n) is 7.61. The van der Waals surface area contributed by atoms with Crippen LogP contribution in [0.1, 0.15) is 11.1 Å². The molecule has 1 aliphatic rings. The van der Waals surface area contributed by atoms with Crippen molar-refractivity contribution in [2.24, 2.45) is 5.73 Å². The number of nitrogens with one attached hydrogen (secondary N) is 1. The van der Waals surface area contributed by atoms with E-state index in [4.69, 9.17) is 5.73 Å². The fourth-order valence-electron chi connectivity index (χ4n) is 2.75. The van der Waals surface area contributed by atoms with Crippen molar-refractivity contribution in [1.82, 2.24) is 9.80 Å². The molecule has 0 atom stereocenters. The fourth-order valence-corrected chi connectivity index (χ4v) is 2.75. The summed E-state index contributed by atoms with van der Waals surface area (Å²) in [5, 5.41) is 3.05. The Kier molecular flexibility index (Phi) is 10.4. The highest BCUT2D eigenvalue weighted by Gasteiger charge is 2.18. The van der Waals surface area contributed by atoms with Crippen LogP contribution in [0.5, 0.6) is 0 Å². The minimum absolute atomic E-state index is 0. The maximum atomic E-state index is 12.2. The van der Waals surface area contributed by atoms with Crippen LogP contribution in [0.4, 0.5) is 5.69 Å². The summed E-state index contributed by atoms with van der Waals surface area (Å²) < 4.78 is 0. The van der Waals surface area contributed by atoms with E-state index in [1.807, 2.05) is 32.0 Å². The highest BCUT2D eigenvalue weighted by Crippen LogP contribution is 2.19. The molecule has 1 heterocycles. The molecule has 1 aromatic rings. The summed E-state index contributed by atoms with van der Waals surface area (Å²) in [6, 6.07) is 6.05. The third-order valence-electron chi connectivity index (χ3n) is 4.02. The molecule has 1 fully saturated rings. The molecule has 3 N–H and O–H groups in total. The number of benzene rings is 1. The summed E-state index contributed by atoms with van der Waals surface area (Å²) in [6.45, 7) is 10.0. The van der Waals surface area contributed by atoms with E-state index in [1.54, 1.807) is 0 Å². The van der Waals surface area contributed by atoms with E-state index in [1.165, 1.54) is 0 Å². The lowest BCUT2D eigenvalue weighted by molar-refractivity contribution is -0.117. The minimum atomic E-state index is 0. The summed E-state index contributed by atoms with van der Waals surface area (Å²) in [5.74, 6) is 0.0691. The second-order valence-electron chi connectivity index (χ2n) is 5.72. The van der Waals surface area contributed by atoms with Crippen molar-refractivity contribution < 1.29 is 4.79 Å². The number of rotatable bonds is 5. The molecule has 1 amide bonds. The van der Waals surface area contributed by atoms with Crippen molar-refractivity contribution in [2.45, 2.75) is 13.8 Å². The summed E-state index contributed by atoms with van der Waals surface area (Å²) in [6.07, 6.45) is 0. The predicted molar refractivity (Wildman–Crippen MR) is 101 cm³/mol. The normalized spacial score (nSPS) is 15.4. The molecule has 1 saturated heterocycles. The number of amides is 1. The number of hydrogen-bond donors (Lipinski definition) is 2. The molecule has 1 aromatic carbocycles. The zero-order chi connectivity index (χ0) is 15.2. The zero-order valence-electron chi connectivity index (χ0n) is 13.9. The molecule has 132 valence electrons. The van der Waals surface area contributed by atoms with Gasteiger partial charge in [-0.3, -0.25) is 14.6 Å². The van der Waals surface area contributed by atoms with Crippen LogP contribution in [0.3, 0.4) is 0 Å². The van der Waals surface area contributed by atoms with Crippen LogP contribution >= 0.6 is 24.8 Å². The second-order valence-corrected chi connectivity index (χ2v) is 5.72. The van der Waals surface area contributed by atoms with Gasteiger partial charge >= 0.3 is 0 Å². The van der Waals surface area contributed by atoms with Gasteiger partial charge < -0.3 is 11.1 Å². The molecule has 2 rings (SSSR count). The van der Waals surface area contributed by atoms with Crippen molar-refractivity contribution in [3.63, 3.8) is 0 Å². The maximum Gasteiger partial charge on any atom is 0.238 e. The molecular formula is C16H28Cl2N4O. The van der Waals surface area contributed by atoms with Crippen molar-refractivity contribution in [3.05, 3.63) is 29.3 Å². The van der Waals surface area contributed by atoms with E-state index in [0.29, 0.717) is 13.1 Å². The van der Waals surface area contributed by atoms with Gasteiger partial charge in [0.25, 0.3) is 0 Å². The Hall–Kier alpha value is -0.850. The van der Waals surface area contributed by atoms with Crippen LogP contribution in [0.2, 0.25) is 0 Å². The van der Waals surface area contributed by atoms with Gasteiger partial charge in [-0.15, -0.1) is 24.8 Å². The van der Waals surface area contributed by atoms with Gasteiger partial charge in [0.2, 0.25) is 5.91 Å². The molecule has 5 nitrogen and oxygen atoms in total. The number of aryl methyl sites for hydroxylation is 2. The van der Waals surface area contributed by atoms with E-state index in [9.17, 15) is 4.79 Å². The van der Waals surface area contributed by atoms with Gasteiger partial charge in [-0.05, 0) is 25.0 Å². The molecule has 0 aromatic heterocycles. The third kappa shape index (κ3) is 6.65. The lowest BCUT2D eigenvalue weighted by Crippen LogP contribution is -2.49. The number of nitrogens with two attached hydrogens (primary N) is 1. The predicted octanol–water partition coefficient (Wildman–Crippen LogP) is 1.66. The molecule has 0 bridgehead atoms. The SMILES string of the molecule is Cc1cccc(C)c1NC(=O)CN1CCN(CCN)CC1.Cl.Cl. The Balaban J connectivity index is 0.00000242. The van der Waals surface area contributed by atoms with E-state index < -0.39 is 0 Å². The topological polar surface area (TPSA) is 61.6 Å². The van der Waals surface area contributed by atoms with Gasteiger partial charge in [0.1, 0.15) is 0 Å². The van der Waals surface area contributed by atoms with Crippen molar-refractivity contribution in [3.8, 4) is 0 Å². The summed E-state index contributed by atoms with van der Waals surface area (Å²) >= 11 is 0. The van der Waals surface area contributed by atoms with E-state index in [2.05, 4.69) is 15.1 Å². The van der Waals surface area contributed by atoms with Gasteiger partial charge in [0.05, 0.1) is 6.54 Å². The van der Waals surface area contributed by atoms with Gasteiger partial charge in [0.15, 0.2) is 0 Å². The number of nitrogens with zero attached hydrogens (tertiary/aromatic N) is 2. The zero-order valence-corrected chi connectivity index (χ0v) is 15.5. The average Bonchev–Trinajstić information content (AvgIpc) is 2.45. The molecular weight excluding hydrogens is 335 g/mol. The van der Waals surface area contributed by atoms with Crippen molar-refractivity contribution in [2.75, 3.05) is 51.1 Å². The first kappa shape index (κ1) is 22.1. The maximum absolute atomic E-state index is 12.2.